The number of para-hydroxylation sites is 1. The van der Waals surface area contributed by atoms with Crippen molar-refractivity contribution in [3.63, 3.8) is 0 Å². The molecule has 1 saturated heterocycles. The number of benzene rings is 1. The first-order valence-electron chi connectivity index (χ1n) is 10.8. The van der Waals surface area contributed by atoms with E-state index in [1.807, 2.05) is 12.1 Å². The fourth-order valence-electron chi connectivity index (χ4n) is 5.84. The number of aliphatic hydroxyl groups excluding tert-OH is 1. The molecule has 4 rings (SSSR count). The molecule has 2 saturated carbocycles. The summed E-state index contributed by atoms with van der Waals surface area (Å²) in [5, 5.41) is 10.5. The van der Waals surface area contributed by atoms with Crippen LogP contribution in [0.15, 0.2) is 24.3 Å². The molecule has 156 valence electrons. The van der Waals surface area contributed by atoms with Crippen LogP contribution in [-0.4, -0.2) is 61.5 Å². The van der Waals surface area contributed by atoms with Crippen LogP contribution in [0.4, 0.5) is 10.1 Å². The Morgan fingerprint density at radius 1 is 1.18 bits per heavy atom. The third-order valence-electron chi connectivity index (χ3n) is 8.24. The van der Waals surface area contributed by atoms with Gasteiger partial charge in [-0.05, 0) is 48.1 Å². The second-order valence-corrected chi connectivity index (χ2v) is 9.83. The van der Waals surface area contributed by atoms with Gasteiger partial charge in [-0.2, -0.15) is 0 Å². The van der Waals surface area contributed by atoms with E-state index in [0.29, 0.717) is 24.3 Å². The van der Waals surface area contributed by atoms with Gasteiger partial charge in [-0.15, -0.1) is 0 Å². The monoisotopic (exact) mass is 390 g/mol. The third-order valence-corrected chi connectivity index (χ3v) is 8.24. The van der Waals surface area contributed by atoms with E-state index in [9.17, 15) is 9.50 Å². The number of aliphatic hydroxyl groups is 1. The smallest absolute Gasteiger partial charge is 0.146 e. The quantitative estimate of drug-likeness (QED) is 0.806. The third kappa shape index (κ3) is 3.46. The Balaban J connectivity index is 1.23. The highest BCUT2D eigenvalue weighted by Crippen LogP contribution is 2.66. The minimum Gasteiger partial charge on any atom is -0.389 e. The van der Waals surface area contributed by atoms with Crippen molar-refractivity contribution in [2.75, 3.05) is 44.2 Å². The molecule has 0 spiro atoms. The van der Waals surface area contributed by atoms with E-state index < -0.39 is 6.10 Å². The molecule has 0 unspecified atom stereocenters. The zero-order valence-electron chi connectivity index (χ0n) is 17.5. The number of piperazine rings is 1. The molecule has 4 nitrogen and oxygen atoms in total. The second kappa shape index (κ2) is 7.58. The first-order valence-corrected chi connectivity index (χ1v) is 10.8. The standard InChI is InChI=1S/C23H35FN2O2/c1-22(2)17-8-9-23(22,3)21(14-17)28-16-18(27)15-25-10-12-26(13-11-25)20-7-5-4-6-19(20)24/h4-7,17-18,21,27H,8-16H2,1-3H3/t17-,18+,21+,23+/m0/s1. The van der Waals surface area contributed by atoms with E-state index in [4.69, 9.17) is 4.74 Å². The number of halogens is 1. The SMILES string of the molecule is CC1(C)[C@H]2CC[C@]1(C)[C@H](OC[C@H](O)CN1CCN(c3ccccc3F)CC1)C2. The van der Waals surface area contributed by atoms with Crippen molar-refractivity contribution in [1.82, 2.24) is 4.90 Å². The van der Waals surface area contributed by atoms with Crippen molar-refractivity contribution in [3.05, 3.63) is 30.1 Å². The van der Waals surface area contributed by atoms with Crippen LogP contribution in [-0.2, 0) is 4.74 Å². The Labute approximate surface area is 168 Å². The lowest BCUT2D eigenvalue weighted by molar-refractivity contribution is -0.0794. The first kappa shape index (κ1) is 20.1. The molecule has 28 heavy (non-hydrogen) atoms. The maximum Gasteiger partial charge on any atom is 0.146 e. The summed E-state index contributed by atoms with van der Waals surface area (Å²) in [5.41, 5.74) is 1.26. The van der Waals surface area contributed by atoms with E-state index in [1.54, 1.807) is 6.07 Å². The van der Waals surface area contributed by atoms with E-state index in [-0.39, 0.29) is 17.3 Å². The van der Waals surface area contributed by atoms with Gasteiger partial charge in [0.15, 0.2) is 0 Å². The average Bonchev–Trinajstić information content (AvgIpc) is 3.01. The maximum atomic E-state index is 14.0. The number of ether oxygens (including phenoxy) is 1. The van der Waals surface area contributed by atoms with Crippen molar-refractivity contribution in [2.24, 2.45) is 16.7 Å². The first-order chi connectivity index (χ1) is 13.3. The van der Waals surface area contributed by atoms with Gasteiger partial charge >= 0.3 is 0 Å². The van der Waals surface area contributed by atoms with E-state index >= 15 is 0 Å². The molecule has 3 fully saturated rings. The summed E-state index contributed by atoms with van der Waals surface area (Å²) in [5.74, 6) is 0.595. The van der Waals surface area contributed by atoms with E-state index in [0.717, 1.165) is 38.5 Å². The number of β-amino-alcohol motifs (C(OH)–C–C–N with tert-alkyl or cyclic N) is 1. The lowest BCUT2D eigenvalue weighted by atomic mass is 9.70. The van der Waals surface area contributed by atoms with Gasteiger partial charge in [0, 0.05) is 32.7 Å². The number of hydrogen-bond acceptors (Lipinski definition) is 4. The molecule has 1 aliphatic heterocycles. The van der Waals surface area contributed by atoms with Crippen molar-refractivity contribution in [3.8, 4) is 0 Å². The molecule has 3 aliphatic rings. The highest BCUT2D eigenvalue weighted by molar-refractivity contribution is 5.47. The molecule has 4 atom stereocenters. The largest absolute Gasteiger partial charge is 0.389 e. The molecule has 1 heterocycles. The molecule has 5 heteroatoms. The maximum absolute atomic E-state index is 14.0. The zero-order valence-corrected chi connectivity index (χ0v) is 17.5. The van der Waals surface area contributed by atoms with Gasteiger partial charge in [-0.25, -0.2) is 4.39 Å². The van der Waals surface area contributed by atoms with Crippen LogP contribution in [0.1, 0.15) is 40.0 Å². The lowest BCUT2D eigenvalue weighted by Gasteiger charge is -2.39. The molecule has 1 aromatic rings. The minimum absolute atomic E-state index is 0.160. The summed E-state index contributed by atoms with van der Waals surface area (Å²) in [6.45, 7) is 11.4. The van der Waals surface area contributed by atoms with E-state index in [1.165, 1.54) is 18.9 Å². The van der Waals surface area contributed by atoms with Crippen LogP contribution >= 0.6 is 0 Å². The zero-order chi connectivity index (χ0) is 19.9. The van der Waals surface area contributed by atoms with E-state index in [2.05, 4.69) is 30.6 Å². The number of fused-ring (bicyclic) bond motifs is 2. The molecule has 0 radical (unpaired) electrons. The Morgan fingerprint density at radius 2 is 1.89 bits per heavy atom. The van der Waals surface area contributed by atoms with Gasteiger partial charge in [0.25, 0.3) is 0 Å². The Kier molecular flexibility index (Phi) is 5.45. The van der Waals surface area contributed by atoms with Gasteiger partial charge in [-0.3, -0.25) is 4.90 Å². The lowest BCUT2D eigenvalue weighted by Crippen LogP contribution is -2.49. The molecular formula is C23H35FN2O2. The Hall–Kier alpha value is -1.17. The van der Waals surface area contributed by atoms with Gasteiger partial charge < -0.3 is 14.7 Å². The fourth-order valence-corrected chi connectivity index (χ4v) is 5.84. The number of hydrogen-bond donors (Lipinski definition) is 1. The van der Waals surface area contributed by atoms with Crippen molar-refractivity contribution >= 4 is 5.69 Å². The average molecular weight is 391 g/mol. The van der Waals surface area contributed by atoms with Crippen LogP contribution < -0.4 is 4.90 Å². The molecule has 2 aliphatic carbocycles. The fraction of sp³-hybridized carbons (Fsp3) is 0.739. The Bertz CT molecular complexity index is 689. The van der Waals surface area contributed by atoms with Crippen LogP contribution in [0.3, 0.4) is 0 Å². The summed E-state index contributed by atoms with van der Waals surface area (Å²) in [6, 6.07) is 6.96. The van der Waals surface area contributed by atoms with Gasteiger partial charge in [0.1, 0.15) is 5.82 Å². The molecule has 0 aromatic heterocycles. The molecule has 1 aromatic carbocycles. The van der Waals surface area contributed by atoms with Gasteiger partial charge in [-0.1, -0.05) is 32.9 Å². The minimum atomic E-state index is -0.467. The van der Waals surface area contributed by atoms with Crippen molar-refractivity contribution in [2.45, 2.75) is 52.2 Å². The van der Waals surface area contributed by atoms with Crippen molar-refractivity contribution < 1.29 is 14.2 Å². The van der Waals surface area contributed by atoms with Crippen LogP contribution in [0.2, 0.25) is 0 Å². The second-order valence-electron chi connectivity index (χ2n) is 9.83. The van der Waals surface area contributed by atoms with Crippen molar-refractivity contribution in [1.29, 1.82) is 0 Å². The highest BCUT2D eigenvalue weighted by atomic mass is 19.1. The predicted molar refractivity (Wildman–Crippen MR) is 110 cm³/mol. The topological polar surface area (TPSA) is 35.9 Å². The normalized spacial score (nSPS) is 33.4. The summed E-state index contributed by atoms with van der Waals surface area (Å²) in [7, 11) is 0. The number of anilines is 1. The van der Waals surface area contributed by atoms with Crippen LogP contribution in [0.25, 0.3) is 0 Å². The van der Waals surface area contributed by atoms with Crippen LogP contribution in [0.5, 0.6) is 0 Å². The summed E-state index contributed by atoms with van der Waals surface area (Å²) in [6.07, 6.45) is 3.50. The molecule has 2 bridgehead atoms. The summed E-state index contributed by atoms with van der Waals surface area (Å²) < 4.78 is 20.2. The van der Waals surface area contributed by atoms with Gasteiger partial charge in [0.05, 0.1) is 24.5 Å². The molecule has 0 amide bonds. The highest BCUT2D eigenvalue weighted by Gasteiger charge is 2.61. The Morgan fingerprint density at radius 3 is 2.50 bits per heavy atom. The predicted octanol–water partition coefficient (Wildman–Crippen LogP) is 3.54. The number of nitrogens with zero attached hydrogens (tertiary/aromatic N) is 2. The molecular weight excluding hydrogens is 355 g/mol. The van der Waals surface area contributed by atoms with Crippen LogP contribution in [0, 0.1) is 22.6 Å². The number of rotatable bonds is 6. The summed E-state index contributed by atoms with van der Waals surface area (Å²) in [4.78, 5) is 4.35. The van der Waals surface area contributed by atoms with Gasteiger partial charge in [0.2, 0.25) is 0 Å². The molecule has 1 N–H and O–H groups in total. The summed E-state index contributed by atoms with van der Waals surface area (Å²) >= 11 is 0.